The molecule has 63 heavy (non-hydrogen) atoms. The first-order valence-corrected chi connectivity index (χ1v) is 22.1. The van der Waals surface area contributed by atoms with E-state index in [4.69, 9.17) is 26.1 Å². The van der Waals surface area contributed by atoms with E-state index in [1.54, 1.807) is 22.9 Å². The van der Waals surface area contributed by atoms with Crippen molar-refractivity contribution >= 4 is 69.3 Å². The van der Waals surface area contributed by atoms with E-state index in [1.165, 1.54) is 18.0 Å². The number of nitrogens with one attached hydrogen (secondary N) is 3. The van der Waals surface area contributed by atoms with Crippen LogP contribution >= 0.6 is 11.6 Å². The Balaban J connectivity index is 0.777. The zero-order chi connectivity index (χ0) is 44.2. The number of piperidine rings is 2. The van der Waals surface area contributed by atoms with Gasteiger partial charge in [-0.2, -0.15) is 4.98 Å². The molecule has 0 radical (unpaired) electrons. The highest BCUT2D eigenvalue weighted by atomic mass is 35.5. The summed E-state index contributed by atoms with van der Waals surface area (Å²) < 4.78 is 29.0. The first-order valence-electron chi connectivity index (χ1n) is 21.7. The van der Waals surface area contributed by atoms with Crippen LogP contribution in [0.1, 0.15) is 87.2 Å². The Labute approximate surface area is 368 Å². The second kappa shape index (κ2) is 17.1. The molecule has 0 unspecified atom stereocenters. The third kappa shape index (κ3) is 8.28. The van der Waals surface area contributed by atoms with Crippen LogP contribution in [0.15, 0.2) is 47.4 Å². The minimum absolute atomic E-state index is 0.0332. The molecule has 1 spiro atoms. The quantitative estimate of drug-likeness (QED) is 0.167. The lowest BCUT2D eigenvalue weighted by Gasteiger charge is -2.55. The van der Waals surface area contributed by atoms with Crippen LogP contribution in [0, 0.1) is 11.2 Å². The Morgan fingerprint density at radius 2 is 1.75 bits per heavy atom. The fourth-order valence-electron chi connectivity index (χ4n) is 9.93. The molecule has 3 N–H and O–H groups in total. The number of hydrogen-bond donors (Lipinski definition) is 3. The van der Waals surface area contributed by atoms with E-state index in [0.29, 0.717) is 28.0 Å². The van der Waals surface area contributed by atoms with Gasteiger partial charge >= 0.3 is 0 Å². The largest absolute Gasteiger partial charge is 0.478 e. The second-order valence-corrected chi connectivity index (χ2v) is 18.1. The Bertz CT molecular complexity index is 2550. The van der Waals surface area contributed by atoms with Crippen LogP contribution in [0.25, 0.3) is 10.9 Å². The summed E-state index contributed by atoms with van der Waals surface area (Å²) in [7, 11) is 1.51. The van der Waals surface area contributed by atoms with E-state index in [9.17, 15) is 24.0 Å². The molecular formula is C45H51ClFN9O7. The smallest absolute Gasteiger partial charge is 0.293 e. The Morgan fingerprint density at radius 1 is 1.00 bits per heavy atom. The summed E-state index contributed by atoms with van der Waals surface area (Å²) in [5.41, 5.74) is 2.74. The predicted molar refractivity (Wildman–Crippen MR) is 234 cm³/mol. The molecule has 6 heterocycles. The van der Waals surface area contributed by atoms with Crippen LogP contribution in [0.3, 0.4) is 0 Å². The van der Waals surface area contributed by atoms with Crippen LogP contribution in [0.2, 0.25) is 5.02 Å². The van der Waals surface area contributed by atoms with Crippen molar-refractivity contribution in [3.05, 3.63) is 74.9 Å². The summed E-state index contributed by atoms with van der Waals surface area (Å²) in [6.45, 7) is 6.79. The summed E-state index contributed by atoms with van der Waals surface area (Å²) in [5, 5.41) is 9.24. The molecule has 4 aromatic rings. The molecule has 18 heteroatoms. The Kier molecular flexibility index (Phi) is 11.5. The summed E-state index contributed by atoms with van der Waals surface area (Å²) in [6.07, 6.45) is 7.90. The summed E-state index contributed by atoms with van der Waals surface area (Å²) >= 11 is 6.60. The molecule has 4 fully saturated rings. The molecule has 1 aliphatic carbocycles. The lowest BCUT2D eigenvalue weighted by molar-refractivity contribution is -0.137. The van der Waals surface area contributed by atoms with Crippen LogP contribution < -0.4 is 36.0 Å². The normalized spacial score (nSPS) is 20.3. The number of imide groups is 1. The highest BCUT2D eigenvalue weighted by Gasteiger charge is 2.48. The number of hydrogen-bond acceptors (Lipinski definition) is 12. The number of benzene rings is 2. The molecule has 332 valence electrons. The number of aromatic nitrogens is 3. The van der Waals surface area contributed by atoms with Crippen molar-refractivity contribution in [3.63, 3.8) is 0 Å². The van der Waals surface area contributed by atoms with Crippen LogP contribution in [-0.4, -0.2) is 101 Å². The van der Waals surface area contributed by atoms with Gasteiger partial charge in [-0.05, 0) is 95.2 Å². The number of likely N-dealkylation sites (N-methyl/N-ethyl adjacent to an activating group) is 1. The Hall–Kier alpha value is -5.81. The molecule has 2 aromatic carbocycles. The SMILES string of the molecule is CNC(=O)COc1cc2cc(Nc3nc(N4CCC(OC5CCC6(CC5)CN(c5ccc(F)c7c5CN([C@@H]5CCC(=O)NC5=O)C7=O)C6)CC4)ncc3Cl)ccc2n(C(C)C)c1=O. The first-order chi connectivity index (χ1) is 30.3. The monoisotopic (exact) mass is 883 g/mol. The van der Waals surface area contributed by atoms with Crippen molar-refractivity contribution in [2.45, 2.75) is 96.1 Å². The van der Waals surface area contributed by atoms with Gasteiger partial charge in [0.15, 0.2) is 18.2 Å². The second-order valence-electron chi connectivity index (χ2n) is 17.7. The van der Waals surface area contributed by atoms with Crippen LogP contribution in [0.5, 0.6) is 5.75 Å². The zero-order valence-electron chi connectivity index (χ0n) is 35.5. The lowest BCUT2D eigenvalue weighted by Crippen LogP contribution is -2.58. The molecule has 0 bridgehead atoms. The maximum absolute atomic E-state index is 15.1. The van der Waals surface area contributed by atoms with Crippen LogP contribution in [0.4, 0.5) is 27.5 Å². The van der Waals surface area contributed by atoms with Gasteiger partial charge in [0.25, 0.3) is 17.4 Å². The van der Waals surface area contributed by atoms with Crippen molar-refractivity contribution in [1.29, 1.82) is 0 Å². The van der Waals surface area contributed by atoms with E-state index in [0.717, 1.165) is 81.3 Å². The van der Waals surface area contributed by atoms with Crippen molar-refractivity contribution in [1.82, 2.24) is 30.1 Å². The van der Waals surface area contributed by atoms with Gasteiger partial charge in [-0.25, -0.2) is 9.37 Å². The molecule has 16 nitrogen and oxygen atoms in total. The standard InChI is InChI=1S/C45H51ClFN9O7/c1-25(2)56-33-6-4-27(18-26(33)19-36(42(56)60)62-22-38(58)48-3)50-40-31(46)20-49-44(52-40)53-16-12-29(13-17-53)63-28-10-14-45(15-11-28)23-54(24-45)34-7-5-32(47)39-30(34)21-55(43(39)61)35-8-9-37(57)51-41(35)59/h4-7,18-20,25,28-29,35H,8-17,21-24H2,1-3H3,(H,48,58)(H,49,50,52)(H,51,57,59)/t35-/m1/s1. The number of fused-ring (bicyclic) bond motifs is 2. The Morgan fingerprint density at radius 3 is 2.46 bits per heavy atom. The van der Waals surface area contributed by atoms with Gasteiger partial charge in [-0.15, -0.1) is 0 Å². The zero-order valence-corrected chi connectivity index (χ0v) is 36.3. The van der Waals surface area contributed by atoms with Gasteiger partial charge in [0.2, 0.25) is 17.8 Å². The fraction of sp³-hybridized carbons (Fsp3) is 0.489. The van der Waals surface area contributed by atoms with Crippen molar-refractivity contribution in [2.24, 2.45) is 5.41 Å². The number of anilines is 4. The highest BCUT2D eigenvalue weighted by molar-refractivity contribution is 6.33. The number of nitrogens with zero attached hydrogens (tertiary/aromatic N) is 6. The molecule has 4 aliphatic heterocycles. The minimum atomic E-state index is -0.792. The van der Waals surface area contributed by atoms with Crippen molar-refractivity contribution in [2.75, 3.05) is 55.0 Å². The summed E-state index contributed by atoms with van der Waals surface area (Å²) in [6, 6.07) is 9.40. The van der Waals surface area contributed by atoms with Gasteiger partial charge in [0, 0.05) is 80.0 Å². The number of carbonyl (C=O) groups is 4. The molecular weight excluding hydrogens is 833 g/mol. The summed E-state index contributed by atoms with van der Waals surface area (Å²) in [4.78, 5) is 77.9. The van der Waals surface area contributed by atoms with E-state index in [2.05, 4.69) is 30.7 Å². The molecule has 5 aliphatic rings. The topological polar surface area (TPSA) is 180 Å². The number of ether oxygens (including phenoxy) is 2. The highest BCUT2D eigenvalue weighted by Crippen LogP contribution is 2.48. The van der Waals surface area contributed by atoms with E-state index < -0.39 is 23.7 Å². The van der Waals surface area contributed by atoms with E-state index >= 15 is 4.39 Å². The molecule has 1 saturated carbocycles. The molecule has 4 amide bonds. The number of amides is 4. The third-order valence-corrected chi connectivity index (χ3v) is 13.6. The van der Waals surface area contributed by atoms with Crippen molar-refractivity contribution < 1.29 is 33.0 Å². The molecule has 2 aromatic heterocycles. The predicted octanol–water partition coefficient (Wildman–Crippen LogP) is 5.23. The lowest BCUT2D eigenvalue weighted by atomic mass is 9.67. The maximum Gasteiger partial charge on any atom is 0.293 e. The minimum Gasteiger partial charge on any atom is -0.478 e. The first kappa shape index (κ1) is 42.5. The number of pyridine rings is 1. The number of carbonyl (C=O) groups excluding carboxylic acids is 4. The van der Waals surface area contributed by atoms with Gasteiger partial charge in [-0.1, -0.05) is 11.6 Å². The van der Waals surface area contributed by atoms with E-state index in [-0.39, 0.29) is 78.3 Å². The molecule has 1 atom stereocenters. The molecule has 3 saturated heterocycles. The average molecular weight is 884 g/mol. The van der Waals surface area contributed by atoms with E-state index in [1.807, 2.05) is 32.0 Å². The third-order valence-electron chi connectivity index (χ3n) is 13.3. The van der Waals surface area contributed by atoms with Crippen LogP contribution in [-0.2, 0) is 25.7 Å². The number of rotatable bonds is 11. The van der Waals surface area contributed by atoms with Gasteiger partial charge in [0.05, 0.1) is 29.5 Å². The number of halogens is 2. The fourth-order valence-corrected chi connectivity index (χ4v) is 10.1. The van der Waals surface area contributed by atoms with Crippen molar-refractivity contribution in [3.8, 4) is 5.75 Å². The van der Waals surface area contributed by atoms with Gasteiger partial charge in [-0.3, -0.25) is 29.3 Å². The van der Waals surface area contributed by atoms with Gasteiger partial charge in [0.1, 0.15) is 16.9 Å². The average Bonchev–Trinajstić information content (AvgIpc) is 3.60. The molecule has 9 rings (SSSR count). The maximum atomic E-state index is 15.1. The van der Waals surface area contributed by atoms with Gasteiger partial charge < -0.3 is 39.4 Å². The summed E-state index contributed by atoms with van der Waals surface area (Å²) in [5.74, 6) is -1.20.